The number of likely N-dealkylation sites (tertiary alicyclic amines) is 1. The normalized spacial score (nSPS) is 27.7. The summed E-state index contributed by atoms with van der Waals surface area (Å²) in [5, 5.41) is 0. The minimum Gasteiger partial charge on any atom is -0.379 e. The van der Waals surface area contributed by atoms with E-state index in [-0.39, 0.29) is 11.5 Å². The number of carbonyl (C=O) groups is 1. The lowest BCUT2D eigenvalue weighted by Gasteiger charge is -2.39. The van der Waals surface area contributed by atoms with E-state index in [0.717, 1.165) is 71.0 Å². The van der Waals surface area contributed by atoms with E-state index in [1.54, 1.807) is 0 Å². The van der Waals surface area contributed by atoms with Crippen LogP contribution in [0.3, 0.4) is 0 Å². The Labute approximate surface area is 143 Å². The van der Waals surface area contributed by atoms with Crippen LogP contribution in [0.2, 0.25) is 0 Å². The fraction of sp³-hybridized carbons (Fsp3) is 0.722. The summed E-state index contributed by atoms with van der Waals surface area (Å²) in [7, 11) is 1.92. The molecule has 1 aromatic heterocycles. The number of amides is 1. The molecule has 3 saturated heterocycles. The van der Waals surface area contributed by atoms with Crippen LogP contribution >= 0.6 is 0 Å². The molecule has 0 bridgehead atoms. The molecular formula is C18H27N3O3. The third-order valence-corrected chi connectivity index (χ3v) is 5.88. The fourth-order valence-corrected chi connectivity index (χ4v) is 4.31. The molecule has 1 spiro atoms. The summed E-state index contributed by atoms with van der Waals surface area (Å²) in [4.78, 5) is 17.1. The van der Waals surface area contributed by atoms with Gasteiger partial charge in [0.2, 0.25) is 0 Å². The second-order valence-corrected chi connectivity index (χ2v) is 7.30. The highest BCUT2D eigenvalue weighted by Gasteiger charge is 2.45. The first-order chi connectivity index (χ1) is 11.7. The van der Waals surface area contributed by atoms with Crippen molar-refractivity contribution in [2.75, 3.05) is 46.0 Å². The van der Waals surface area contributed by atoms with Gasteiger partial charge in [-0.25, -0.2) is 0 Å². The van der Waals surface area contributed by atoms with Crippen molar-refractivity contribution in [3.8, 4) is 0 Å². The van der Waals surface area contributed by atoms with Crippen molar-refractivity contribution in [1.29, 1.82) is 0 Å². The molecule has 3 aliphatic heterocycles. The van der Waals surface area contributed by atoms with E-state index in [4.69, 9.17) is 9.47 Å². The van der Waals surface area contributed by atoms with Crippen LogP contribution in [0.4, 0.5) is 0 Å². The molecule has 1 atom stereocenters. The second-order valence-electron chi connectivity index (χ2n) is 7.30. The first-order valence-electron chi connectivity index (χ1n) is 9.03. The molecule has 0 aliphatic carbocycles. The molecule has 0 N–H and O–H groups in total. The number of ether oxygens (including phenoxy) is 2. The van der Waals surface area contributed by atoms with Gasteiger partial charge in [0.25, 0.3) is 5.91 Å². The van der Waals surface area contributed by atoms with Crippen LogP contribution in [-0.4, -0.2) is 77.9 Å². The van der Waals surface area contributed by atoms with Gasteiger partial charge in [0.1, 0.15) is 5.69 Å². The number of hydrogen-bond acceptors (Lipinski definition) is 4. The van der Waals surface area contributed by atoms with Gasteiger partial charge in [-0.05, 0) is 31.4 Å². The summed E-state index contributed by atoms with van der Waals surface area (Å²) < 4.78 is 13.6. The van der Waals surface area contributed by atoms with Gasteiger partial charge in [-0.2, -0.15) is 0 Å². The minimum atomic E-state index is -0.0199. The van der Waals surface area contributed by atoms with Gasteiger partial charge < -0.3 is 18.9 Å². The predicted molar refractivity (Wildman–Crippen MR) is 90.0 cm³/mol. The van der Waals surface area contributed by atoms with Crippen molar-refractivity contribution < 1.29 is 14.3 Å². The Hall–Kier alpha value is -1.37. The maximum Gasteiger partial charge on any atom is 0.270 e. The topological polar surface area (TPSA) is 46.9 Å². The van der Waals surface area contributed by atoms with Gasteiger partial charge in [-0.3, -0.25) is 9.69 Å². The van der Waals surface area contributed by atoms with Crippen molar-refractivity contribution >= 4 is 5.91 Å². The Bertz CT molecular complexity index is 586. The first kappa shape index (κ1) is 16.1. The van der Waals surface area contributed by atoms with Gasteiger partial charge in [0, 0.05) is 45.5 Å². The number of aryl methyl sites for hydroxylation is 1. The van der Waals surface area contributed by atoms with Crippen molar-refractivity contribution in [2.24, 2.45) is 7.05 Å². The molecular weight excluding hydrogens is 306 g/mol. The molecule has 6 heteroatoms. The van der Waals surface area contributed by atoms with Gasteiger partial charge in [-0.1, -0.05) is 0 Å². The fourth-order valence-electron chi connectivity index (χ4n) is 4.31. The van der Waals surface area contributed by atoms with Crippen molar-refractivity contribution in [3.05, 3.63) is 24.0 Å². The van der Waals surface area contributed by atoms with E-state index in [0.29, 0.717) is 6.04 Å². The highest BCUT2D eigenvalue weighted by atomic mass is 16.5. The smallest absolute Gasteiger partial charge is 0.270 e. The van der Waals surface area contributed by atoms with Crippen LogP contribution in [0.5, 0.6) is 0 Å². The number of piperidine rings is 1. The summed E-state index contributed by atoms with van der Waals surface area (Å²) in [5.41, 5.74) is 0.748. The average molecular weight is 333 g/mol. The Morgan fingerprint density at radius 1 is 1.21 bits per heavy atom. The summed E-state index contributed by atoms with van der Waals surface area (Å²) in [6, 6.07) is 4.34. The molecule has 3 aliphatic rings. The third kappa shape index (κ3) is 2.98. The molecule has 1 aromatic rings. The number of rotatable bonds is 2. The van der Waals surface area contributed by atoms with Gasteiger partial charge in [0.15, 0.2) is 0 Å². The Morgan fingerprint density at radius 2 is 1.96 bits per heavy atom. The lowest BCUT2D eigenvalue weighted by atomic mass is 9.87. The number of hydrogen-bond donors (Lipinski definition) is 0. The van der Waals surface area contributed by atoms with Gasteiger partial charge in [0.05, 0.1) is 25.4 Å². The number of aromatic nitrogens is 1. The highest BCUT2D eigenvalue weighted by Crippen LogP contribution is 2.38. The van der Waals surface area contributed by atoms with E-state index in [9.17, 15) is 4.79 Å². The van der Waals surface area contributed by atoms with E-state index < -0.39 is 0 Å². The molecule has 0 saturated carbocycles. The zero-order valence-electron chi connectivity index (χ0n) is 14.4. The van der Waals surface area contributed by atoms with Crippen molar-refractivity contribution in [2.45, 2.75) is 30.9 Å². The van der Waals surface area contributed by atoms with Crippen LogP contribution in [0.25, 0.3) is 0 Å². The molecule has 0 radical (unpaired) electrons. The molecule has 6 nitrogen and oxygen atoms in total. The molecule has 4 heterocycles. The minimum absolute atomic E-state index is 0.0199. The maximum atomic E-state index is 12.6. The van der Waals surface area contributed by atoms with Crippen LogP contribution in [0.1, 0.15) is 29.8 Å². The monoisotopic (exact) mass is 333 g/mol. The number of carbonyl (C=O) groups excluding carboxylic acids is 1. The van der Waals surface area contributed by atoms with Gasteiger partial charge >= 0.3 is 0 Å². The molecule has 4 rings (SSSR count). The zero-order chi connectivity index (χ0) is 16.6. The lowest BCUT2D eigenvalue weighted by molar-refractivity contribution is -0.0402. The van der Waals surface area contributed by atoms with Crippen molar-refractivity contribution in [3.63, 3.8) is 0 Å². The zero-order valence-corrected chi connectivity index (χ0v) is 14.4. The molecule has 132 valence electrons. The lowest BCUT2D eigenvalue weighted by Crippen LogP contribution is -2.48. The van der Waals surface area contributed by atoms with Crippen LogP contribution in [-0.2, 0) is 16.5 Å². The quantitative estimate of drug-likeness (QED) is 0.814. The summed E-state index contributed by atoms with van der Waals surface area (Å²) in [6.45, 7) is 6.11. The first-order valence-corrected chi connectivity index (χ1v) is 9.03. The highest BCUT2D eigenvalue weighted by molar-refractivity contribution is 5.92. The summed E-state index contributed by atoms with van der Waals surface area (Å²) in [5.74, 6) is 0.139. The molecule has 0 aromatic carbocycles. The Morgan fingerprint density at radius 3 is 2.62 bits per heavy atom. The molecule has 3 fully saturated rings. The maximum absolute atomic E-state index is 12.6. The van der Waals surface area contributed by atoms with E-state index in [1.807, 2.05) is 34.8 Å². The Balaban J connectivity index is 1.34. The van der Waals surface area contributed by atoms with Gasteiger partial charge in [-0.15, -0.1) is 0 Å². The summed E-state index contributed by atoms with van der Waals surface area (Å²) >= 11 is 0. The van der Waals surface area contributed by atoms with Crippen LogP contribution < -0.4 is 0 Å². The SMILES string of the molecule is Cn1cccc1C(=O)N1CCC2(CC1)CC(N1CCOCC1)CO2. The third-order valence-electron chi connectivity index (χ3n) is 5.88. The van der Waals surface area contributed by atoms with E-state index >= 15 is 0 Å². The van der Waals surface area contributed by atoms with Crippen LogP contribution in [0, 0.1) is 0 Å². The largest absolute Gasteiger partial charge is 0.379 e. The predicted octanol–water partition coefficient (Wildman–Crippen LogP) is 1.12. The Kier molecular flexibility index (Phi) is 4.37. The average Bonchev–Trinajstić information content (AvgIpc) is 3.23. The van der Waals surface area contributed by atoms with Crippen LogP contribution in [0.15, 0.2) is 18.3 Å². The number of morpholine rings is 1. The van der Waals surface area contributed by atoms with E-state index in [2.05, 4.69) is 4.90 Å². The molecule has 1 unspecified atom stereocenters. The van der Waals surface area contributed by atoms with Crippen molar-refractivity contribution in [1.82, 2.24) is 14.4 Å². The standard InChI is InChI=1S/C18H27N3O3/c1-19-6-2-3-16(19)17(22)21-7-4-18(5-8-21)13-15(14-24-18)20-9-11-23-12-10-20/h2-3,6,15H,4-5,7-14H2,1H3. The number of nitrogens with zero attached hydrogens (tertiary/aromatic N) is 3. The second kappa shape index (κ2) is 6.50. The van der Waals surface area contributed by atoms with E-state index in [1.165, 1.54) is 0 Å². The molecule has 24 heavy (non-hydrogen) atoms. The summed E-state index contributed by atoms with van der Waals surface area (Å²) in [6.07, 6.45) is 4.92. The molecule has 1 amide bonds.